The molecular formula is C38H26EuN5O11. The normalized spacial score (nSPS) is 9.75. The summed E-state index contributed by atoms with van der Waals surface area (Å²) in [6, 6.07) is 31.6. The minimum Gasteiger partial charge on any atom is -0.545 e. The molecule has 0 radical (unpaired) electrons. The molecule has 8 aromatic rings. The van der Waals surface area contributed by atoms with Gasteiger partial charge in [-0.2, -0.15) is 0 Å². The van der Waals surface area contributed by atoms with Crippen LogP contribution in [0.5, 0.6) is 23.0 Å². The number of aromatic carboxylic acids is 2. The number of hydrogen-bond donors (Lipinski definition) is 4. The van der Waals surface area contributed by atoms with Crippen molar-refractivity contribution < 1.29 is 94.7 Å². The molecule has 4 heterocycles. The van der Waals surface area contributed by atoms with E-state index in [-0.39, 0.29) is 49.4 Å². The molecule has 16 nitrogen and oxygen atoms in total. The largest absolute Gasteiger partial charge is 3.00 e. The third-order valence-corrected chi connectivity index (χ3v) is 7.14. The molecule has 4 N–H and O–H groups in total. The molecule has 4 aromatic carbocycles. The Bertz CT molecular complexity index is 2270. The minimum atomic E-state index is -1.75. The smallest absolute Gasteiger partial charge is 0.545 e. The number of pyridine rings is 4. The van der Waals surface area contributed by atoms with E-state index in [9.17, 15) is 19.8 Å². The minimum absolute atomic E-state index is 0. The number of carboxylic acids is 2. The molecule has 4 aromatic heterocycles. The van der Waals surface area contributed by atoms with Crippen molar-refractivity contribution in [3.8, 4) is 23.0 Å². The Balaban J connectivity index is 0.000000191. The Morgan fingerprint density at radius 3 is 0.836 bits per heavy atom. The van der Waals surface area contributed by atoms with Crippen LogP contribution in [0.2, 0.25) is 0 Å². The van der Waals surface area contributed by atoms with E-state index in [0.717, 1.165) is 67.9 Å². The fraction of sp³-hybridized carbons (Fsp3) is 0. The fourth-order valence-electron chi connectivity index (χ4n) is 4.83. The quantitative estimate of drug-likeness (QED) is 0.107. The third kappa shape index (κ3) is 11.7. The van der Waals surface area contributed by atoms with Crippen molar-refractivity contribution in [1.82, 2.24) is 19.9 Å². The van der Waals surface area contributed by atoms with Crippen LogP contribution in [0, 0.1) is 64.7 Å². The first kappa shape index (κ1) is 42.9. The summed E-state index contributed by atoms with van der Waals surface area (Å²) < 4.78 is 0. The van der Waals surface area contributed by atoms with Crippen LogP contribution in [-0.4, -0.2) is 57.4 Å². The maximum absolute atomic E-state index is 10.2. The van der Waals surface area contributed by atoms with Gasteiger partial charge in [0.05, 0.1) is 50.2 Å². The zero-order valence-electron chi connectivity index (χ0n) is 28.0. The van der Waals surface area contributed by atoms with Crippen LogP contribution in [0.4, 0.5) is 0 Å². The predicted octanol–water partition coefficient (Wildman–Crippen LogP) is 4.25. The molecule has 0 spiro atoms. The molecule has 0 fully saturated rings. The van der Waals surface area contributed by atoms with E-state index in [2.05, 4.69) is 68.5 Å². The average Bonchev–Trinajstić information content (AvgIpc) is 3.15. The van der Waals surface area contributed by atoms with Crippen LogP contribution in [0.1, 0.15) is 20.7 Å². The second-order valence-corrected chi connectivity index (χ2v) is 10.6. The van der Waals surface area contributed by atoms with Crippen LogP contribution in [0.3, 0.4) is 0 Å². The standard InChI is InChI=1S/2C12H8N2.2C7H6O4.Eu.NO3/c2*1-3-9-5-6-10-4-2-8-14-12(10)11(9)13-7-1;2*8-4-2-1-3-5(9)6(4)7(10)11;;2-1(3)4/h2*1-8H;2*1-3,8-9H,(H,10,11);;/q;;;;+3;-1/p-2. The summed E-state index contributed by atoms with van der Waals surface area (Å²) in [4.78, 5) is 46.1. The van der Waals surface area contributed by atoms with Crippen LogP contribution < -0.4 is 10.2 Å². The van der Waals surface area contributed by atoms with E-state index >= 15 is 0 Å². The Kier molecular flexibility index (Phi) is 16.1. The third-order valence-electron chi connectivity index (χ3n) is 7.14. The number of rotatable bonds is 2. The van der Waals surface area contributed by atoms with Crippen LogP contribution in [-0.2, 0) is 0 Å². The van der Waals surface area contributed by atoms with Crippen LogP contribution in [0.25, 0.3) is 43.6 Å². The van der Waals surface area contributed by atoms with Crippen molar-refractivity contribution in [1.29, 1.82) is 0 Å². The van der Waals surface area contributed by atoms with E-state index in [0.29, 0.717) is 0 Å². The molecule has 0 atom stereocenters. The molecule has 0 bridgehead atoms. The maximum Gasteiger partial charge on any atom is 3.00 e. The molecule has 0 aliphatic rings. The topological polar surface area (TPSA) is 279 Å². The maximum atomic E-state index is 10.2. The number of fused-ring (bicyclic) bond motifs is 6. The van der Waals surface area contributed by atoms with Crippen molar-refractivity contribution in [3.63, 3.8) is 0 Å². The van der Waals surface area contributed by atoms with Crippen molar-refractivity contribution >= 4 is 55.6 Å². The van der Waals surface area contributed by atoms with E-state index in [1.165, 1.54) is 12.1 Å². The van der Waals surface area contributed by atoms with Crippen molar-refractivity contribution in [2.24, 2.45) is 0 Å². The molecule has 17 heteroatoms. The SMILES string of the molecule is O=C([O-])c1c(O)cccc1O.O=C([O-])c1c(O)cccc1O.O=[N+]([O-])[O-].[Eu+3].c1cnc2c(c1)ccc1cccnc12.c1cnc2c(c1)ccc1cccnc12. The van der Waals surface area contributed by atoms with Gasteiger partial charge in [0.15, 0.2) is 0 Å². The van der Waals surface area contributed by atoms with Gasteiger partial charge in [0.1, 0.15) is 23.0 Å². The van der Waals surface area contributed by atoms with Gasteiger partial charge in [-0.25, -0.2) is 0 Å². The number of benzene rings is 4. The number of carbonyl (C=O) groups is 2. The van der Waals surface area contributed by atoms with Gasteiger partial charge in [-0.15, -0.1) is 0 Å². The molecule has 0 saturated carbocycles. The summed E-state index contributed by atoms with van der Waals surface area (Å²) in [5.74, 6) is -5.17. The number of phenols is 4. The summed E-state index contributed by atoms with van der Waals surface area (Å²) >= 11 is 0. The van der Waals surface area contributed by atoms with Gasteiger partial charge in [-0.05, 0) is 48.5 Å². The van der Waals surface area contributed by atoms with E-state index in [1.807, 2.05) is 24.3 Å². The monoisotopic (exact) mass is 881 g/mol. The van der Waals surface area contributed by atoms with Crippen LogP contribution >= 0.6 is 0 Å². The van der Waals surface area contributed by atoms with Gasteiger partial charge in [0, 0.05) is 46.3 Å². The summed E-state index contributed by atoms with van der Waals surface area (Å²) in [6.45, 7) is 0. The molecule has 0 saturated heterocycles. The molecule has 0 aliphatic carbocycles. The fourth-order valence-corrected chi connectivity index (χ4v) is 4.83. The van der Waals surface area contributed by atoms with Gasteiger partial charge < -0.3 is 55.5 Å². The first-order valence-corrected chi connectivity index (χ1v) is 15.3. The number of aromatic nitrogens is 4. The van der Waals surface area contributed by atoms with E-state index < -0.39 is 51.2 Å². The van der Waals surface area contributed by atoms with E-state index in [1.54, 1.807) is 24.8 Å². The molecule has 55 heavy (non-hydrogen) atoms. The van der Waals surface area contributed by atoms with E-state index in [4.69, 9.17) is 35.7 Å². The Morgan fingerprint density at radius 2 is 0.655 bits per heavy atom. The molecule has 0 unspecified atom stereocenters. The Labute approximate surface area is 350 Å². The van der Waals surface area contributed by atoms with Crippen molar-refractivity contribution in [2.75, 3.05) is 0 Å². The predicted molar refractivity (Wildman–Crippen MR) is 193 cm³/mol. The molecule has 0 aliphatic heterocycles. The second kappa shape index (κ2) is 20.6. The number of aromatic hydroxyl groups is 4. The van der Waals surface area contributed by atoms with Crippen molar-refractivity contribution in [2.45, 2.75) is 0 Å². The first-order chi connectivity index (χ1) is 25.9. The molecule has 0 amide bonds. The summed E-state index contributed by atoms with van der Waals surface area (Å²) in [5.41, 5.74) is 2.76. The Hall–Kier alpha value is -6.56. The van der Waals surface area contributed by atoms with Gasteiger partial charge in [0.25, 0.3) is 0 Å². The van der Waals surface area contributed by atoms with Gasteiger partial charge in [0.2, 0.25) is 0 Å². The number of carboxylic acid groups (broad SMARTS) is 2. The van der Waals surface area contributed by atoms with Crippen molar-refractivity contribution in [3.05, 3.63) is 160 Å². The zero-order valence-corrected chi connectivity index (χ0v) is 30.4. The second-order valence-electron chi connectivity index (χ2n) is 10.6. The summed E-state index contributed by atoms with van der Waals surface area (Å²) in [5, 5.41) is 75.2. The molecule has 8 rings (SSSR count). The Morgan fingerprint density at radius 1 is 0.436 bits per heavy atom. The molecule has 276 valence electrons. The number of carbonyl (C=O) groups excluding carboxylic acids is 2. The van der Waals surface area contributed by atoms with Gasteiger partial charge >= 0.3 is 49.4 Å². The van der Waals surface area contributed by atoms with Gasteiger partial charge in [-0.1, -0.05) is 60.7 Å². The first-order valence-electron chi connectivity index (χ1n) is 15.3. The number of nitrogens with zero attached hydrogens (tertiary/aromatic N) is 5. The molecular weight excluding hydrogens is 854 g/mol. The summed E-state index contributed by atoms with van der Waals surface area (Å²) in [6.07, 6.45) is 7.21. The van der Waals surface area contributed by atoms with Gasteiger partial charge in [-0.3, -0.25) is 19.9 Å². The van der Waals surface area contributed by atoms with Crippen LogP contribution in [0.15, 0.2) is 134 Å². The zero-order chi connectivity index (χ0) is 39.2. The number of hydrogen-bond acceptors (Lipinski definition) is 15. The average molecular weight is 881 g/mol. The summed E-state index contributed by atoms with van der Waals surface area (Å²) in [7, 11) is 0.